The smallest absolute Gasteiger partial charge is 0.307 e. The number of carboxylic acids is 1. The van der Waals surface area contributed by atoms with Gasteiger partial charge in [0, 0.05) is 11.9 Å². The van der Waals surface area contributed by atoms with E-state index in [2.05, 4.69) is 0 Å². The van der Waals surface area contributed by atoms with Crippen molar-refractivity contribution in [2.45, 2.75) is 26.3 Å². The van der Waals surface area contributed by atoms with Gasteiger partial charge in [-0.2, -0.15) is 0 Å². The Bertz CT molecular complexity index is 457. The molecular formula is C14H19NO3S. The van der Waals surface area contributed by atoms with E-state index in [0.717, 1.165) is 4.88 Å². The molecule has 104 valence electrons. The summed E-state index contributed by atoms with van der Waals surface area (Å²) in [5.74, 6) is -1.45. The lowest BCUT2D eigenvalue weighted by molar-refractivity contribution is -0.148. The van der Waals surface area contributed by atoms with E-state index >= 15 is 0 Å². The van der Waals surface area contributed by atoms with Crippen molar-refractivity contribution in [3.05, 3.63) is 22.4 Å². The summed E-state index contributed by atoms with van der Waals surface area (Å²) in [4.78, 5) is 26.4. The number of thiophene rings is 1. The molecule has 1 aliphatic carbocycles. The molecule has 1 aliphatic rings. The summed E-state index contributed by atoms with van der Waals surface area (Å²) in [5.41, 5.74) is 0. The molecule has 0 spiro atoms. The Balaban J connectivity index is 2.03. The van der Waals surface area contributed by atoms with Gasteiger partial charge in [0.25, 0.3) is 0 Å². The van der Waals surface area contributed by atoms with Crippen LogP contribution in [0.1, 0.15) is 24.6 Å². The average molecular weight is 281 g/mol. The summed E-state index contributed by atoms with van der Waals surface area (Å²) < 4.78 is 0. The maximum Gasteiger partial charge on any atom is 0.307 e. The van der Waals surface area contributed by atoms with Crippen LogP contribution in [0.3, 0.4) is 0 Å². The Morgan fingerprint density at radius 3 is 2.68 bits per heavy atom. The highest BCUT2D eigenvalue weighted by molar-refractivity contribution is 7.09. The van der Waals surface area contributed by atoms with Gasteiger partial charge in [-0.25, -0.2) is 0 Å². The predicted octanol–water partition coefficient (Wildman–Crippen LogP) is 2.45. The minimum atomic E-state index is -0.841. The SMILES string of the molecule is CC1CC(C(=O)O)C(C(=O)N(C)Cc2cccs2)C1. The zero-order valence-corrected chi connectivity index (χ0v) is 12.0. The normalized spacial score (nSPS) is 26.3. The zero-order valence-electron chi connectivity index (χ0n) is 11.2. The van der Waals surface area contributed by atoms with Crippen LogP contribution in [0, 0.1) is 17.8 Å². The van der Waals surface area contributed by atoms with Gasteiger partial charge >= 0.3 is 5.97 Å². The van der Waals surface area contributed by atoms with Crippen LogP contribution in [0.2, 0.25) is 0 Å². The number of rotatable bonds is 4. The fourth-order valence-corrected chi connectivity index (χ4v) is 3.59. The Morgan fingerprint density at radius 1 is 1.42 bits per heavy atom. The molecule has 1 heterocycles. The van der Waals surface area contributed by atoms with E-state index in [1.54, 1.807) is 23.3 Å². The first-order chi connectivity index (χ1) is 8.99. The molecule has 1 N–H and O–H groups in total. The third kappa shape index (κ3) is 3.15. The Morgan fingerprint density at radius 2 is 2.11 bits per heavy atom. The molecule has 0 radical (unpaired) electrons. The number of hydrogen-bond donors (Lipinski definition) is 1. The molecule has 0 aliphatic heterocycles. The fraction of sp³-hybridized carbons (Fsp3) is 0.571. The Kier molecular flexibility index (Phi) is 4.24. The third-order valence-corrected chi connectivity index (χ3v) is 4.64. The maximum absolute atomic E-state index is 12.4. The van der Waals surface area contributed by atoms with Crippen molar-refractivity contribution in [3.63, 3.8) is 0 Å². The van der Waals surface area contributed by atoms with E-state index in [-0.39, 0.29) is 11.8 Å². The predicted molar refractivity (Wildman–Crippen MR) is 73.8 cm³/mol. The molecule has 4 nitrogen and oxygen atoms in total. The largest absolute Gasteiger partial charge is 0.481 e. The van der Waals surface area contributed by atoms with E-state index in [1.165, 1.54) is 0 Å². The molecule has 3 atom stereocenters. The maximum atomic E-state index is 12.4. The molecule has 1 amide bonds. The van der Waals surface area contributed by atoms with Crippen LogP contribution in [0.25, 0.3) is 0 Å². The molecule has 1 fully saturated rings. The van der Waals surface area contributed by atoms with Crippen LogP contribution in [0.15, 0.2) is 17.5 Å². The van der Waals surface area contributed by atoms with Crippen molar-refractivity contribution in [2.75, 3.05) is 7.05 Å². The summed E-state index contributed by atoms with van der Waals surface area (Å²) >= 11 is 1.61. The molecule has 1 saturated carbocycles. The number of hydrogen-bond acceptors (Lipinski definition) is 3. The van der Waals surface area contributed by atoms with E-state index in [0.29, 0.717) is 25.3 Å². The van der Waals surface area contributed by atoms with Crippen molar-refractivity contribution in [1.82, 2.24) is 4.90 Å². The Labute approximate surface area is 117 Å². The first-order valence-corrected chi connectivity index (χ1v) is 7.37. The molecule has 1 aromatic rings. The highest BCUT2D eigenvalue weighted by Gasteiger charge is 2.42. The molecule has 2 rings (SSSR count). The molecule has 1 aromatic heterocycles. The van der Waals surface area contributed by atoms with Crippen LogP contribution < -0.4 is 0 Å². The van der Waals surface area contributed by atoms with Crippen molar-refractivity contribution < 1.29 is 14.7 Å². The first-order valence-electron chi connectivity index (χ1n) is 6.49. The van der Waals surface area contributed by atoms with E-state index < -0.39 is 11.9 Å². The second-order valence-electron chi connectivity index (χ2n) is 5.40. The number of carbonyl (C=O) groups excluding carboxylic acids is 1. The van der Waals surface area contributed by atoms with Gasteiger partial charge in [-0.05, 0) is 30.2 Å². The van der Waals surface area contributed by atoms with Crippen LogP contribution in [-0.2, 0) is 16.1 Å². The van der Waals surface area contributed by atoms with Crippen molar-refractivity contribution in [2.24, 2.45) is 17.8 Å². The molecule has 5 heteroatoms. The van der Waals surface area contributed by atoms with Gasteiger partial charge in [-0.15, -0.1) is 11.3 Å². The Hall–Kier alpha value is -1.36. The number of nitrogens with zero attached hydrogens (tertiary/aromatic N) is 1. The summed E-state index contributed by atoms with van der Waals surface area (Å²) in [6.07, 6.45) is 1.29. The minimum Gasteiger partial charge on any atom is -0.481 e. The first kappa shape index (κ1) is 14.1. The van der Waals surface area contributed by atoms with Gasteiger partial charge in [0.05, 0.1) is 18.4 Å². The minimum absolute atomic E-state index is 0.0369. The summed E-state index contributed by atoms with van der Waals surface area (Å²) in [5, 5.41) is 11.2. The average Bonchev–Trinajstić information content (AvgIpc) is 2.97. The highest BCUT2D eigenvalue weighted by atomic mass is 32.1. The van der Waals surface area contributed by atoms with Gasteiger partial charge in [-0.1, -0.05) is 13.0 Å². The monoisotopic (exact) mass is 281 g/mol. The summed E-state index contributed by atoms with van der Waals surface area (Å²) in [7, 11) is 1.75. The van der Waals surface area contributed by atoms with E-state index in [9.17, 15) is 14.7 Å². The van der Waals surface area contributed by atoms with Gasteiger partial charge in [0.15, 0.2) is 0 Å². The topological polar surface area (TPSA) is 57.6 Å². The summed E-state index contributed by atoms with van der Waals surface area (Å²) in [6.45, 7) is 2.58. The van der Waals surface area contributed by atoms with Gasteiger partial charge in [-0.3, -0.25) is 9.59 Å². The number of carbonyl (C=O) groups is 2. The number of aliphatic carboxylic acids is 1. The van der Waals surface area contributed by atoms with Gasteiger partial charge in [0.1, 0.15) is 0 Å². The lowest BCUT2D eigenvalue weighted by Crippen LogP contribution is -2.36. The molecule has 0 bridgehead atoms. The van der Waals surface area contributed by atoms with Crippen molar-refractivity contribution in [3.8, 4) is 0 Å². The quantitative estimate of drug-likeness (QED) is 0.922. The van der Waals surface area contributed by atoms with Gasteiger partial charge < -0.3 is 10.0 Å². The lowest BCUT2D eigenvalue weighted by Gasteiger charge is -2.23. The van der Waals surface area contributed by atoms with E-state index in [4.69, 9.17) is 0 Å². The summed E-state index contributed by atoms with van der Waals surface area (Å²) in [6, 6.07) is 3.94. The lowest BCUT2D eigenvalue weighted by atomic mass is 9.95. The van der Waals surface area contributed by atoms with Crippen LogP contribution in [0.5, 0.6) is 0 Å². The van der Waals surface area contributed by atoms with Crippen molar-refractivity contribution in [1.29, 1.82) is 0 Å². The van der Waals surface area contributed by atoms with Crippen LogP contribution >= 0.6 is 11.3 Å². The van der Waals surface area contributed by atoms with Crippen LogP contribution in [0.4, 0.5) is 0 Å². The zero-order chi connectivity index (χ0) is 14.0. The second kappa shape index (κ2) is 5.74. The van der Waals surface area contributed by atoms with Crippen LogP contribution in [-0.4, -0.2) is 28.9 Å². The number of carboxylic acid groups (broad SMARTS) is 1. The molecule has 19 heavy (non-hydrogen) atoms. The number of amides is 1. The molecule has 0 aromatic carbocycles. The molecular weight excluding hydrogens is 262 g/mol. The highest BCUT2D eigenvalue weighted by Crippen LogP contribution is 2.37. The standard InChI is InChI=1S/C14H19NO3S/c1-9-6-11(12(7-9)14(17)18)13(16)15(2)8-10-4-3-5-19-10/h3-5,9,11-12H,6-8H2,1-2H3,(H,17,18). The van der Waals surface area contributed by atoms with Gasteiger partial charge in [0.2, 0.25) is 5.91 Å². The molecule has 0 saturated heterocycles. The van der Waals surface area contributed by atoms with E-state index in [1.807, 2.05) is 24.4 Å². The molecule has 3 unspecified atom stereocenters. The fourth-order valence-electron chi connectivity index (χ4n) is 2.83. The van der Waals surface area contributed by atoms with Crippen molar-refractivity contribution >= 4 is 23.2 Å². The third-order valence-electron chi connectivity index (χ3n) is 3.78. The second-order valence-corrected chi connectivity index (χ2v) is 6.43.